The van der Waals surface area contributed by atoms with Crippen LogP contribution in [0.4, 0.5) is 0 Å². The first kappa shape index (κ1) is 17.3. The van der Waals surface area contributed by atoms with Crippen molar-refractivity contribution in [3.8, 4) is 0 Å². The minimum atomic E-state index is -2.14. The van der Waals surface area contributed by atoms with Crippen molar-refractivity contribution in [2.24, 2.45) is 5.92 Å². The van der Waals surface area contributed by atoms with Crippen molar-refractivity contribution in [3.05, 3.63) is 0 Å². The highest BCUT2D eigenvalue weighted by Crippen LogP contribution is 2.23. The normalized spacial score (nSPS) is 37.4. The third kappa shape index (κ3) is 3.66. The van der Waals surface area contributed by atoms with Crippen LogP contribution < -0.4 is 5.32 Å². The summed E-state index contributed by atoms with van der Waals surface area (Å²) in [6.07, 6.45) is -3.96. The molecule has 1 aliphatic rings. The summed E-state index contributed by atoms with van der Waals surface area (Å²) >= 11 is 0. The van der Waals surface area contributed by atoms with Gasteiger partial charge < -0.3 is 30.3 Å². The highest BCUT2D eigenvalue weighted by atomic mass is 16.6. The maximum atomic E-state index is 11.1. The van der Waals surface area contributed by atoms with Crippen molar-refractivity contribution >= 4 is 5.97 Å². The van der Waals surface area contributed by atoms with Crippen LogP contribution in [-0.4, -0.2) is 74.8 Å². The van der Waals surface area contributed by atoms with Crippen molar-refractivity contribution in [1.82, 2.24) is 5.32 Å². The van der Waals surface area contributed by atoms with Gasteiger partial charge in [0.2, 0.25) is 5.79 Å². The summed E-state index contributed by atoms with van der Waals surface area (Å²) < 4.78 is 4.94. The van der Waals surface area contributed by atoms with Gasteiger partial charge in [0, 0.05) is 0 Å². The van der Waals surface area contributed by atoms with E-state index in [1.165, 1.54) is 0 Å². The average molecular weight is 293 g/mol. The number of nitrogens with one attached hydrogen (secondary N) is 1. The molecule has 8 heteroatoms. The summed E-state index contributed by atoms with van der Waals surface area (Å²) in [5.74, 6) is -3.40. The Morgan fingerprint density at radius 2 is 2.05 bits per heavy atom. The van der Waals surface area contributed by atoms with Gasteiger partial charge in [-0.1, -0.05) is 20.3 Å². The smallest absolute Gasteiger partial charge is 0.320 e. The first-order valence-corrected chi connectivity index (χ1v) is 6.59. The molecule has 1 aliphatic heterocycles. The van der Waals surface area contributed by atoms with E-state index < -0.39 is 36.1 Å². The number of aliphatic hydroxyl groups excluding tert-OH is 3. The molecule has 6 unspecified atom stereocenters. The SMILES string of the molecule is CCC(C)C(NCC1(O)OCC(O)C(O)C1O)C(=O)O. The molecule has 8 nitrogen and oxygen atoms in total. The molecular weight excluding hydrogens is 270 g/mol. The Hall–Kier alpha value is -0.770. The van der Waals surface area contributed by atoms with Gasteiger partial charge in [0.25, 0.3) is 0 Å². The predicted octanol–water partition coefficient (Wildman–Crippen LogP) is -2.12. The van der Waals surface area contributed by atoms with Gasteiger partial charge in [-0.3, -0.25) is 10.1 Å². The van der Waals surface area contributed by atoms with E-state index in [1.54, 1.807) is 6.92 Å². The third-order valence-corrected chi connectivity index (χ3v) is 3.74. The van der Waals surface area contributed by atoms with Gasteiger partial charge in [0.15, 0.2) is 0 Å². The summed E-state index contributed by atoms with van der Waals surface area (Å²) in [5.41, 5.74) is 0. The van der Waals surface area contributed by atoms with E-state index >= 15 is 0 Å². The number of carboxylic acids is 1. The zero-order valence-corrected chi connectivity index (χ0v) is 11.6. The number of carbonyl (C=O) groups is 1. The largest absolute Gasteiger partial charge is 0.480 e. The Labute approximate surface area is 117 Å². The summed E-state index contributed by atoms with van der Waals surface area (Å²) in [5, 5.41) is 50.4. The molecule has 6 N–H and O–H groups in total. The van der Waals surface area contributed by atoms with Gasteiger partial charge in [-0.2, -0.15) is 0 Å². The molecular formula is C12H23NO7. The van der Waals surface area contributed by atoms with Gasteiger partial charge in [-0.25, -0.2) is 0 Å². The van der Waals surface area contributed by atoms with Crippen LogP contribution in [0.15, 0.2) is 0 Å². The Kier molecular flexibility index (Phi) is 5.87. The fourth-order valence-corrected chi connectivity index (χ4v) is 2.07. The summed E-state index contributed by atoms with van der Waals surface area (Å²) in [6, 6.07) is -0.913. The fraction of sp³-hybridized carbons (Fsp3) is 0.917. The quantitative estimate of drug-likeness (QED) is 0.326. The van der Waals surface area contributed by atoms with Crippen molar-refractivity contribution in [3.63, 3.8) is 0 Å². The standard InChI is InChI=1S/C12H23NO7/c1-3-6(2)8(11(17)18)13-5-12(19)10(16)9(15)7(14)4-20-12/h6-10,13-16,19H,3-5H2,1-2H3,(H,17,18). The van der Waals surface area contributed by atoms with Crippen LogP contribution in [0.5, 0.6) is 0 Å². The van der Waals surface area contributed by atoms with E-state index in [4.69, 9.17) is 9.84 Å². The van der Waals surface area contributed by atoms with E-state index in [0.29, 0.717) is 6.42 Å². The maximum absolute atomic E-state index is 11.1. The van der Waals surface area contributed by atoms with Gasteiger partial charge in [0.1, 0.15) is 24.4 Å². The van der Waals surface area contributed by atoms with Gasteiger partial charge in [-0.15, -0.1) is 0 Å². The monoisotopic (exact) mass is 293 g/mol. The van der Waals surface area contributed by atoms with E-state index in [-0.39, 0.29) is 19.1 Å². The van der Waals surface area contributed by atoms with Crippen LogP contribution in [0, 0.1) is 5.92 Å². The molecule has 1 heterocycles. The number of aliphatic carboxylic acids is 1. The fourth-order valence-electron chi connectivity index (χ4n) is 2.07. The highest BCUT2D eigenvalue weighted by molar-refractivity contribution is 5.73. The van der Waals surface area contributed by atoms with Crippen LogP contribution in [0.2, 0.25) is 0 Å². The second-order valence-electron chi connectivity index (χ2n) is 5.24. The number of carboxylic acid groups (broad SMARTS) is 1. The Balaban J connectivity index is 2.69. The lowest BCUT2D eigenvalue weighted by Crippen LogP contribution is -2.65. The zero-order valence-electron chi connectivity index (χ0n) is 11.6. The van der Waals surface area contributed by atoms with E-state index in [1.807, 2.05) is 6.92 Å². The maximum Gasteiger partial charge on any atom is 0.320 e. The molecule has 1 rings (SSSR count). The van der Waals surface area contributed by atoms with Crippen molar-refractivity contribution in [2.45, 2.75) is 50.4 Å². The molecule has 118 valence electrons. The van der Waals surface area contributed by atoms with Crippen LogP contribution in [-0.2, 0) is 9.53 Å². The summed E-state index contributed by atoms with van der Waals surface area (Å²) in [6.45, 7) is 2.85. The highest BCUT2D eigenvalue weighted by Gasteiger charge is 2.48. The molecule has 6 atom stereocenters. The molecule has 0 saturated carbocycles. The zero-order chi connectivity index (χ0) is 15.5. The van der Waals surface area contributed by atoms with E-state index in [0.717, 1.165) is 0 Å². The van der Waals surface area contributed by atoms with Crippen molar-refractivity contribution in [1.29, 1.82) is 0 Å². The molecule has 20 heavy (non-hydrogen) atoms. The molecule has 0 aliphatic carbocycles. The molecule has 0 bridgehead atoms. The molecule has 1 saturated heterocycles. The molecule has 0 spiro atoms. The topological polar surface area (TPSA) is 139 Å². The summed E-state index contributed by atoms with van der Waals surface area (Å²) in [4.78, 5) is 11.1. The Morgan fingerprint density at radius 3 is 2.55 bits per heavy atom. The van der Waals surface area contributed by atoms with Crippen LogP contribution in [0.1, 0.15) is 20.3 Å². The first-order chi connectivity index (χ1) is 9.23. The molecule has 1 fully saturated rings. The van der Waals surface area contributed by atoms with Crippen LogP contribution in [0.25, 0.3) is 0 Å². The second-order valence-corrected chi connectivity index (χ2v) is 5.24. The lowest BCUT2D eigenvalue weighted by molar-refractivity contribution is -0.318. The van der Waals surface area contributed by atoms with Crippen molar-refractivity contribution < 1.29 is 35.1 Å². The molecule has 0 aromatic rings. The van der Waals surface area contributed by atoms with Gasteiger partial charge >= 0.3 is 5.97 Å². The Morgan fingerprint density at radius 1 is 1.45 bits per heavy atom. The first-order valence-electron chi connectivity index (χ1n) is 6.59. The molecule has 0 aromatic heterocycles. The number of rotatable bonds is 6. The van der Waals surface area contributed by atoms with Gasteiger partial charge in [0.05, 0.1) is 13.2 Å². The molecule has 0 radical (unpaired) electrons. The van der Waals surface area contributed by atoms with Gasteiger partial charge in [-0.05, 0) is 5.92 Å². The predicted molar refractivity (Wildman–Crippen MR) is 67.8 cm³/mol. The number of hydrogen-bond donors (Lipinski definition) is 6. The lowest BCUT2D eigenvalue weighted by Gasteiger charge is -2.42. The number of ether oxygens (including phenoxy) is 1. The van der Waals surface area contributed by atoms with Crippen LogP contribution in [0.3, 0.4) is 0 Å². The van der Waals surface area contributed by atoms with E-state index in [9.17, 15) is 25.2 Å². The molecule has 0 amide bonds. The van der Waals surface area contributed by atoms with E-state index in [2.05, 4.69) is 5.32 Å². The minimum absolute atomic E-state index is 0.188. The summed E-state index contributed by atoms with van der Waals surface area (Å²) in [7, 11) is 0. The second kappa shape index (κ2) is 6.79. The van der Waals surface area contributed by atoms with Crippen LogP contribution >= 0.6 is 0 Å². The number of aliphatic hydroxyl groups is 4. The third-order valence-electron chi connectivity index (χ3n) is 3.74. The Bertz CT molecular complexity index is 340. The lowest BCUT2D eigenvalue weighted by atomic mass is 9.95. The van der Waals surface area contributed by atoms with Crippen molar-refractivity contribution in [2.75, 3.05) is 13.2 Å². The average Bonchev–Trinajstić information content (AvgIpc) is 2.41. The number of hydrogen-bond acceptors (Lipinski definition) is 7. The minimum Gasteiger partial charge on any atom is -0.480 e. The molecule has 0 aromatic carbocycles.